The molecule has 0 bridgehead atoms. The molecule has 30 heavy (non-hydrogen) atoms. The molecule has 3 aromatic rings. The maximum absolute atomic E-state index is 12.3. The van der Waals surface area contributed by atoms with Crippen LogP contribution in [-0.4, -0.2) is 17.4 Å². The van der Waals surface area contributed by atoms with Crippen LogP contribution in [0.2, 0.25) is 0 Å². The molecule has 1 N–H and O–H groups in total. The van der Waals surface area contributed by atoms with Crippen molar-refractivity contribution in [3.05, 3.63) is 114 Å². The van der Waals surface area contributed by atoms with E-state index in [1.165, 1.54) is 16.7 Å². The number of nitrogens with one attached hydrogen (secondary N) is 1. The number of carbonyl (C=O) groups excluding carboxylic acids is 1. The van der Waals surface area contributed by atoms with Gasteiger partial charge in [0.1, 0.15) is 0 Å². The molecule has 152 valence electrons. The average molecular weight is 397 g/mol. The van der Waals surface area contributed by atoms with E-state index < -0.39 is 0 Å². The van der Waals surface area contributed by atoms with E-state index in [1.807, 2.05) is 12.3 Å². The zero-order valence-electron chi connectivity index (χ0n) is 17.2. The van der Waals surface area contributed by atoms with E-state index in [9.17, 15) is 4.79 Å². The SMILES string of the molecule is O=C(/C=C/[C@H]1CC1(c1ccccc1)c1ccccc1)NCCCCc1cccnc1. The van der Waals surface area contributed by atoms with Gasteiger partial charge in [-0.2, -0.15) is 0 Å². The lowest BCUT2D eigenvalue weighted by atomic mass is 9.85. The van der Waals surface area contributed by atoms with Crippen LogP contribution in [0.3, 0.4) is 0 Å². The Kier molecular flexibility index (Phi) is 6.38. The van der Waals surface area contributed by atoms with E-state index in [4.69, 9.17) is 0 Å². The summed E-state index contributed by atoms with van der Waals surface area (Å²) in [7, 11) is 0. The van der Waals surface area contributed by atoms with Crippen LogP contribution < -0.4 is 5.32 Å². The van der Waals surface area contributed by atoms with Gasteiger partial charge in [-0.3, -0.25) is 9.78 Å². The Morgan fingerprint density at radius 1 is 0.967 bits per heavy atom. The third kappa shape index (κ3) is 4.68. The van der Waals surface area contributed by atoms with E-state index in [2.05, 4.69) is 83.1 Å². The first-order valence-corrected chi connectivity index (χ1v) is 10.7. The third-order valence-electron chi connectivity index (χ3n) is 5.99. The number of amides is 1. The highest BCUT2D eigenvalue weighted by molar-refractivity contribution is 5.87. The molecular formula is C27H28N2O. The van der Waals surface area contributed by atoms with Crippen molar-refractivity contribution in [3.8, 4) is 0 Å². The summed E-state index contributed by atoms with van der Waals surface area (Å²) >= 11 is 0. The topological polar surface area (TPSA) is 42.0 Å². The quantitative estimate of drug-likeness (QED) is 0.405. The Bertz CT molecular complexity index is 928. The van der Waals surface area contributed by atoms with Gasteiger partial charge in [0.2, 0.25) is 5.91 Å². The van der Waals surface area contributed by atoms with Gasteiger partial charge >= 0.3 is 0 Å². The molecule has 0 unspecified atom stereocenters. The molecule has 3 heteroatoms. The van der Waals surface area contributed by atoms with Crippen LogP contribution >= 0.6 is 0 Å². The minimum atomic E-state index is -0.0109. The van der Waals surface area contributed by atoms with Gasteiger partial charge in [0.05, 0.1) is 0 Å². The highest BCUT2D eigenvalue weighted by Crippen LogP contribution is 2.59. The second-order valence-corrected chi connectivity index (χ2v) is 7.98. The van der Waals surface area contributed by atoms with Crippen molar-refractivity contribution in [2.24, 2.45) is 5.92 Å². The number of aromatic nitrogens is 1. The molecule has 1 aromatic heterocycles. The van der Waals surface area contributed by atoms with Crippen molar-refractivity contribution in [2.75, 3.05) is 6.54 Å². The van der Waals surface area contributed by atoms with E-state index in [1.54, 1.807) is 12.3 Å². The van der Waals surface area contributed by atoms with E-state index in [0.717, 1.165) is 25.7 Å². The van der Waals surface area contributed by atoms with Crippen LogP contribution in [0.5, 0.6) is 0 Å². The second kappa shape index (κ2) is 9.53. The number of carbonyl (C=O) groups is 1. The fourth-order valence-corrected chi connectivity index (χ4v) is 4.30. The first kappa shape index (κ1) is 20.1. The maximum atomic E-state index is 12.3. The summed E-state index contributed by atoms with van der Waals surface area (Å²) in [5.41, 5.74) is 3.88. The predicted octanol–water partition coefficient (Wildman–Crippen LogP) is 5.08. The Hall–Kier alpha value is -3.20. The smallest absolute Gasteiger partial charge is 0.243 e. The fraction of sp³-hybridized carbons (Fsp3) is 0.259. The predicted molar refractivity (Wildman–Crippen MR) is 121 cm³/mol. The van der Waals surface area contributed by atoms with Gasteiger partial charge in [-0.25, -0.2) is 0 Å². The molecule has 1 aliphatic rings. The van der Waals surface area contributed by atoms with Crippen LogP contribution in [0.4, 0.5) is 0 Å². The van der Waals surface area contributed by atoms with Crippen molar-refractivity contribution < 1.29 is 4.79 Å². The summed E-state index contributed by atoms with van der Waals surface area (Å²) in [4.78, 5) is 16.4. The lowest BCUT2D eigenvalue weighted by molar-refractivity contribution is -0.116. The van der Waals surface area contributed by atoms with Crippen molar-refractivity contribution in [1.82, 2.24) is 10.3 Å². The second-order valence-electron chi connectivity index (χ2n) is 7.98. The molecule has 1 aliphatic carbocycles. The molecule has 1 atom stereocenters. The third-order valence-corrected chi connectivity index (χ3v) is 5.99. The van der Waals surface area contributed by atoms with E-state index in [-0.39, 0.29) is 11.3 Å². The van der Waals surface area contributed by atoms with Gasteiger partial charge in [-0.15, -0.1) is 0 Å². The summed E-state index contributed by atoms with van der Waals surface area (Å²) < 4.78 is 0. The number of nitrogens with zero attached hydrogens (tertiary/aromatic N) is 1. The van der Waals surface area contributed by atoms with Crippen LogP contribution in [0.1, 0.15) is 36.0 Å². The molecule has 4 rings (SSSR count). The normalized spacial score (nSPS) is 17.0. The lowest BCUT2D eigenvalue weighted by Crippen LogP contribution is -2.22. The Labute approximate surface area is 178 Å². The minimum Gasteiger partial charge on any atom is -0.353 e. The zero-order chi connectivity index (χ0) is 20.7. The van der Waals surface area contributed by atoms with Crippen molar-refractivity contribution >= 4 is 5.91 Å². The molecule has 0 radical (unpaired) electrons. The molecule has 2 aromatic carbocycles. The summed E-state index contributed by atoms with van der Waals surface area (Å²) in [5, 5.41) is 3.02. The molecule has 0 saturated heterocycles. The van der Waals surface area contributed by atoms with Crippen molar-refractivity contribution in [1.29, 1.82) is 0 Å². The number of hydrogen-bond acceptors (Lipinski definition) is 2. The number of benzene rings is 2. The minimum absolute atomic E-state index is 0.00157. The van der Waals surface area contributed by atoms with Crippen LogP contribution in [0.25, 0.3) is 0 Å². The largest absolute Gasteiger partial charge is 0.353 e. The first-order chi connectivity index (χ1) is 14.8. The highest BCUT2D eigenvalue weighted by atomic mass is 16.1. The number of pyridine rings is 1. The van der Waals surface area contributed by atoms with Crippen LogP contribution in [0, 0.1) is 5.92 Å². The van der Waals surface area contributed by atoms with Gasteiger partial charge in [-0.05, 0) is 60.4 Å². The van der Waals surface area contributed by atoms with Crippen molar-refractivity contribution in [3.63, 3.8) is 0 Å². The number of aryl methyl sites for hydroxylation is 1. The molecule has 1 heterocycles. The van der Waals surface area contributed by atoms with E-state index >= 15 is 0 Å². The summed E-state index contributed by atoms with van der Waals surface area (Å²) in [6.45, 7) is 0.705. The number of hydrogen-bond donors (Lipinski definition) is 1. The Balaban J connectivity index is 1.30. The molecule has 0 aliphatic heterocycles. The average Bonchev–Trinajstić information content (AvgIpc) is 3.55. The molecular weight excluding hydrogens is 368 g/mol. The number of allylic oxidation sites excluding steroid dienone is 1. The molecule has 1 saturated carbocycles. The number of rotatable bonds is 9. The van der Waals surface area contributed by atoms with Crippen molar-refractivity contribution in [2.45, 2.75) is 31.1 Å². The van der Waals surface area contributed by atoms with Crippen LogP contribution in [-0.2, 0) is 16.6 Å². The van der Waals surface area contributed by atoms with Gasteiger partial charge in [0, 0.05) is 24.4 Å². The zero-order valence-corrected chi connectivity index (χ0v) is 17.2. The van der Waals surface area contributed by atoms with Gasteiger partial charge in [-0.1, -0.05) is 72.8 Å². The summed E-state index contributed by atoms with van der Waals surface area (Å²) in [6.07, 6.45) is 11.6. The molecule has 0 spiro atoms. The Morgan fingerprint density at radius 3 is 2.30 bits per heavy atom. The molecule has 1 amide bonds. The fourth-order valence-electron chi connectivity index (χ4n) is 4.30. The summed E-state index contributed by atoms with van der Waals surface area (Å²) in [6, 6.07) is 25.3. The monoisotopic (exact) mass is 396 g/mol. The standard InChI is InChI=1S/C27H28N2O/c30-26(29-19-8-7-10-22-11-9-18-28-21-22)17-16-25-20-27(25,23-12-3-1-4-13-23)24-14-5-2-6-15-24/h1-6,9,11-18,21,25H,7-8,10,19-20H2,(H,29,30)/b17-16+/t25-/m0/s1. The molecule has 1 fully saturated rings. The van der Waals surface area contributed by atoms with Gasteiger partial charge in [0.25, 0.3) is 0 Å². The molecule has 3 nitrogen and oxygen atoms in total. The van der Waals surface area contributed by atoms with Gasteiger partial charge in [0.15, 0.2) is 0 Å². The Morgan fingerprint density at radius 2 is 1.67 bits per heavy atom. The van der Waals surface area contributed by atoms with Crippen LogP contribution in [0.15, 0.2) is 97.3 Å². The first-order valence-electron chi connectivity index (χ1n) is 10.7. The number of unbranched alkanes of at least 4 members (excludes halogenated alkanes) is 1. The lowest BCUT2D eigenvalue weighted by Gasteiger charge is -2.18. The maximum Gasteiger partial charge on any atom is 0.243 e. The van der Waals surface area contributed by atoms with E-state index in [0.29, 0.717) is 12.5 Å². The highest BCUT2D eigenvalue weighted by Gasteiger charge is 2.54. The summed E-state index contributed by atoms with van der Waals surface area (Å²) in [5.74, 6) is 0.344. The van der Waals surface area contributed by atoms with Gasteiger partial charge < -0.3 is 5.32 Å².